The van der Waals surface area contributed by atoms with Gasteiger partial charge in [-0.3, -0.25) is 0 Å². The fourth-order valence-electron chi connectivity index (χ4n) is 2.48. The number of hydrogen-bond acceptors (Lipinski definition) is 3. The molecule has 3 rings (SSSR count). The van der Waals surface area contributed by atoms with Crippen LogP contribution in [-0.4, -0.2) is 7.11 Å². The highest BCUT2D eigenvalue weighted by molar-refractivity contribution is 9.11. The molecule has 124 valence electrons. The Morgan fingerprint density at radius 3 is 2.62 bits per heavy atom. The van der Waals surface area contributed by atoms with Crippen molar-refractivity contribution in [3.05, 3.63) is 74.9 Å². The molecule has 0 aliphatic rings. The smallest absolute Gasteiger partial charge is 0.135 e. The van der Waals surface area contributed by atoms with Gasteiger partial charge in [0, 0.05) is 26.6 Å². The summed E-state index contributed by atoms with van der Waals surface area (Å²) in [6, 6.07) is 18.0. The molecule has 1 aromatic heterocycles. The van der Waals surface area contributed by atoms with E-state index in [1.165, 1.54) is 0 Å². The fourth-order valence-corrected chi connectivity index (χ4v) is 3.72. The fraction of sp³-hybridized carbons (Fsp3) is 0.158. The first kappa shape index (κ1) is 17.3. The van der Waals surface area contributed by atoms with Crippen LogP contribution in [0.5, 0.6) is 5.75 Å². The topological polar surface area (TPSA) is 34.4 Å². The van der Waals surface area contributed by atoms with Gasteiger partial charge in [0.2, 0.25) is 0 Å². The van der Waals surface area contributed by atoms with E-state index in [-0.39, 0.29) is 0 Å². The molecule has 3 aromatic rings. The Balaban J connectivity index is 1.64. The predicted molar refractivity (Wildman–Crippen MR) is 103 cm³/mol. The quantitative estimate of drug-likeness (QED) is 0.517. The molecule has 3 nitrogen and oxygen atoms in total. The van der Waals surface area contributed by atoms with E-state index in [0.717, 1.165) is 43.9 Å². The standard InChI is InChI=1S/C19H17Br2NO2/c1-23-18-5-3-2-4-13(18)11-22-12-15-7-9-19(24-15)16-8-6-14(20)10-17(16)21/h2-10,22H,11-12H2,1H3. The van der Waals surface area contributed by atoms with Crippen LogP contribution in [-0.2, 0) is 13.1 Å². The van der Waals surface area contributed by atoms with Crippen LogP contribution in [0.25, 0.3) is 11.3 Å². The highest BCUT2D eigenvalue weighted by Gasteiger charge is 2.09. The Kier molecular flexibility index (Phi) is 5.76. The third-order valence-corrected chi connectivity index (χ3v) is 4.81. The molecule has 0 atom stereocenters. The Morgan fingerprint density at radius 2 is 1.83 bits per heavy atom. The summed E-state index contributed by atoms with van der Waals surface area (Å²) in [5.41, 5.74) is 2.16. The van der Waals surface area contributed by atoms with Gasteiger partial charge >= 0.3 is 0 Å². The lowest BCUT2D eigenvalue weighted by molar-refractivity contribution is 0.406. The van der Waals surface area contributed by atoms with Crippen molar-refractivity contribution in [3.63, 3.8) is 0 Å². The van der Waals surface area contributed by atoms with Crippen molar-refractivity contribution < 1.29 is 9.15 Å². The molecule has 0 amide bonds. The SMILES string of the molecule is COc1ccccc1CNCc1ccc(-c2ccc(Br)cc2Br)o1. The minimum absolute atomic E-state index is 0.659. The van der Waals surface area contributed by atoms with Crippen molar-refractivity contribution in [2.75, 3.05) is 7.11 Å². The number of para-hydroxylation sites is 1. The monoisotopic (exact) mass is 449 g/mol. The molecular weight excluding hydrogens is 434 g/mol. The van der Waals surface area contributed by atoms with Crippen LogP contribution in [0.3, 0.4) is 0 Å². The molecule has 0 aliphatic carbocycles. The third kappa shape index (κ3) is 4.09. The number of methoxy groups -OCH3 is 1. The lowest BCUT2D eigenvalue weighted by Crippen LogP contribution is -2.12. The number of furan rings is 1. The van der Waals surface area contributed by atoms with Crippen molar-refractivity contribution in [1.29, 1.82) is 0 Å². The first-order chi connectivity index (χ1) is 11.7. The summed E-state index contributed by atoms with van der Waals surface area (Å²) in [4.78, 5) is 0. The van der Waals surface area contributed by atoms with Crippen LogP contribution < -0.4 is 10.1 Å². The average Bonchev–Trinajstić information content (AvgIpc) is 3.04. The van der Waals surface area contributed by atoms with E-state index < -0.39 is 0 Å². The zero-order valence-electron chi connectivity index (χ0n) is 13.2. The highest BCUT2D eigenvalue weighted by Crippen LogP contribution is 2.32. The van der Waals surface area contributed by atoms with Crippen LogP contribution in [0, 0.1) is 0 Å². The van der Waals surface area contributed by atoms with E-state index in [9.17, 15) is 0 Å². The molecule has 5 heteroatoms. The van der Waals surface area contributed by atoms with Gasteiger partial charge in [-0.05, 0) is 52.3 Å². The molecule has 24 heavy (non-hydrogen) atoms. The molecule has 1 N–H and O–H groups in total. The van der Waals surface area contributed by atoms with Crippen LogP contribution in [0.15, 0.2) is 68.0 Å². The number of hydrogen-bond donors (Lipinski definition) is 1. The molecule has 2 aromatic carbocycles. The zero-order chi connectivity index (χ0) is 16.9. The summed E-state index contributed by atoms with van der Waals surface area (Å²) < 4.78 is 13.3. The molecular formula is C19H17Br2NO2. The first-order valence-corrected chi connectivity index (χ1v) is 9.12. The van der Waals surface area contributed by atoms with Gasteiger partial charge in [0.1, 0.15) is 17.3 Å². The van der Waals surface area contributed by atoms with E-state index >= 15 is 0 Å². The van der Waals surface area contributed by atoms with E-state index in [2.05, 4.69) is 43.2 Å². The number of rotatable bonds is 6. The average molecular weight is 451 g/mol. The zero-order valence-corrected chi connectivity index (χ0v) is 16.4. The maximum Gasteiger partial charge on any atom is 0.135 e. The van der Waals surface area contributed by atoms with Gasteiger partial charge < -0.3 is 14.5 Å². The second kappa shape index (κ2) is 8.01. The predicted octanol–water partition coefficient (Wildman–Crippen LogP) is 5.77. The number of halogens is 2. The van der Waals surface area contributed by atoms with Gasteiger partial charge in [-0.15, -0.1) is 0 Å². The highest BCUT2D eigenvalue weighted by atomic mass is 79.9. The molecule has 0 aliphatic heterocycles. The normalized spacial score (nSPS) is 10.8. The lowest BCUT2D eigenvalue weighted by atomic mass is 10.2. The Labute approximate surface area is 158 Å². The summed E-state index contributed by atoms with van der Waals surface area (Å²) in [5.74, 6) is 2.64. The van der Waals surface area contributed by atoms with E-state index in [1.54, 1.807) is 7.11 Å². The minimum Gasteiger partial charge on any atom is -0.496 e. The largest absolute Gasteiger partial charge is 0.496 e. The molecule has 0 saturated carbocycles. The van der Waals surface area contributed by atoms with Gasteiger partial charge in [-0.2, -0.15) is 0 Å². The van der Waals surface area contributed by atoms with E-state index in [1.807, 2.05) is 48.5 Å². The van der Waals surface area contributed by atoms with Gasteiger partial charge in [-0.25, -0.2) is 0 Å². The molecule has 0 saturated heterocycles. The maximum absolute atomic E-state index is 5.95. The number of nitrogens with one attached hydrogen (secondary N) is 1. The molecule has 0 fully saturated rings. The van der Waals surface area contributed by atoms with Crippen LogP contribution in [0.2, 0.25) is 0 Å². The Morgan fingerprint density at radius 1 is 1.00 bits per heavy atom. The molecule has 0 radical (unpaired) electrons. The summed E-state index contributed by atoms with van der Waals surface area (Å²) in [5, 5.41) is 3.39. The van der Waals surface area contributed by atoms with Crippen LogP contribution in [0.1, 0.15) is 11.3 Å². The van der Waals surface area contributed by atoms with Gasteiger partial charge in [-0.1, -0.05) is 34.1 Å². The molecule has 1 heterocycles. The summed E-state index contributed by atoms with van der Waals surface area (Å²) in [6.07, 6.45) is 0. The lowest BCUT2D eigenvalue weighted by Gasteiger charge is -2.08. The van der Waals surface area contributed by atoms with Gasteiger partial charge in [0.05, 0.1) is 13.7 Å². The van der Waals surface area contributed by atoms with Crippen molar-refractivity contribution in [2.45, 2.75) is 13.1 Å². The Hall–Kier alpha value is -1.56. The van der Waals surface area contributed by atoms with Crippen LogP contribution in [0.4, 0.5) is 0 Å². The van der Waals surface area contributed by atoms with Crippen molar-refractivity contribution in [1.82, 2.24) is 5.32 Å². The van der Waals surface area contributed by atoms with Crippen molar-refractivity contribution in [3.8, 4) is 17.1 Å². The number of benzene rings is 2. The summed E-state index contributed by atoms with van der Waals surface area (Å²) in [6.45, 7) is 1.38. The van der Waals surface area contributed by atoms with E-state index in [0.29, 0.717) is 6.54 Å². The van der Waals surface area contributed by atoms with E-state index in [4.69, 9.17) is 9.15 Å². The van der Waals surface area contributed by atoms with Gasteiger partial charge in [0.15, 0.2) is 0 Å². The summed E-state index contributed by atoms with van der Waals surface area (Å²) >= 11 is 7.03. The number of ether oxygens (including phenoxy) is 1. The van der Waals surface area contributed by atoms with Gasteiger partial charge in [0.25, 0.3) is 0 Å². The molecule has 0 unspecified atom stereocenters. The molecule has 0 spiro atoms. The first-order valence-electron chi connectivity index (χ1n) is 7.54. The maximum atomic E-state index is 5.95. The second-order valence-corrected chi connectivity index (χ2v) is 7.08. The van der Waals surface area contributed by atoms with Crippen molar-refractivity contribution in [2.24, 2.45) is 0 Å². The molecule has 0 bridgehead atoms. The third-order valence-electron chi connectivity index (χ3n) is 3.67. The summed E-state index contributed by atoms with van der Waals surface area (Å²) in [7, 11) is 1.69. The van der Waals surface area contributed by atoms with Crippen molar-refractivity contribution >= 4 is 31.9 Å². The Bertz CT molecular complexity index is 830. The minimum atomic E-state index is 0.659. The second-order valence-electron chi connectivity index (χ2n) is 5.31. The van der Waals surface area contributed by atoms with Crippen LogP contribution >= 0.6 is 31.9 Å².